The van der Waals surface area contributed by atoms with Crippen LogP contribution in [0.4, 0.5) is 5.69 Å². The lowest BCUT2D eigenvalue weighted by atomic mass is 10.3. The van der Waals surface area contributed by atoms with Crippen molar-refractivity contribution in [2.24, 2.45) is 0 Å². The lowest BCUT2D eigenvalue weighted by Crippen LogP contribution is -2.30. The van der Waals surface area contributed by atoms with Crippen molar-refractivity contribution in [1.82, 2.24) is 0 Å². The Morgan fingerprint density at radius 3 is 2.40 bits per heavy atom. The Morgan fingerprint density at radius 1 is 1.33 bits per heavy atom. The first-order chi connectivity index (χ1) is 7.05. The molecule has 6 heteroatoms. The molecule has 0 unspecified atom stereocenters. The maximum atomic E-state index is 11.0. The van der Waals surface area contributed by atoms with Crippen LogP contribution in [0, 0.1) is 0 Å². The van der Waals surface area contributed by atoms with Gasteiger partial charge in [0.1, 0.15) is 0 Å². The maximum absolute atomic E-state index is 11.0. The molecule has 1 aromatic rings. The van der Waals surface area contributed by atoms with Gasteiger partial charge in [-0.1, -0.05) is 25.1 Å². The molecule has 0 saturated carbocycles. The van der Waals surface area contributed by atoms with Gasteiger partial charge in [0.25, 0.3) is 0 Å². The van der Waals surface area contributed by atoms with Crippen LogP contribution in [-0.4, -0.2) is 19.6 Å². The standard InChI is InChI=1S/C9H13NO4S/c1-2-8-14-10(15(11,12)13)9-6-4-3-5-7-9/h3-7H,2,8H2,1H3,(H,11,12,13). The van der Waals surface area contributed by atoms with E-state index in [4.69, 9.17) is 9.39 Å². The van der Waals surface area contributed by atoms with E-state index in [0.29, 0.717) is 10.9 Å². The van der Waals surface area contributed by atoms with E-state index in [1.807, 2.05) is 6.92 Å². The highest BCUT2D eigenvalue weighted by atomic mass is 32.2. The summed E-state index contributed by atoms with van der Waals surface area (Å²) in [5, 5.41) is 0. The van der Waals surface area contributed by atoms with Crippen LogP contribution in [0.15, 0.2) is 30.3 Å². The normalized spacial score (nSPS) is 11.3. The van der Waals surface area contributed by atoms with Gasteiger partial charge in [0, 0.05) is 0 Å². The van der Waals surface area contributed by atoms with Crippen molar-refractivity contribution < 1.29 is 17.8 Å². The van der Waals surface area contributed by atoms with Crippen LogP contribution >= 0.6 is 0 Å². The van der Waals surface area contributed by atoms with Gasteiger partial charge < -0.3 is 0 Å². The van der Waals surface area contributed by atoms with Crippen molar-refractivity contribution in [3.05, 3.63) is 30.3 Å². The van der Waals surface area contributed by atoms with Crippen LogP contribution in [0.3, 0.4) is 0 Å². The number of hydrogen-bond donors (Lipinski definition) is 1. The fourth-order valence-corrected chi connectivity index (χ4v) is 1.59. The minimum atomic E-state index is -4.38. The minimum absolute atomic E-state index is 0.217. The highest BCUT2D eigenvalue weighted by molar-refractivity contribution is 7.87. The van der Waals surface area contributed by atoms with Crippen LogP contribution in [-0.2, 0) is 15.1 Å². The second-order valence-electron chi connectivity index (χ2n) is 2.87. The van der Waals surface area contributed by atoms with Gasteiger partial charge >= 0.3 is 10.3 Å². The third kappa shape index (κ3) is 3.50. The van der Waals surface area contributed by atoms with Gasteiger partial charge in [0.05, 0.1) is 12.3 Å². The first kappa shape index (κ1) is 12.0. The summed E-state index contributed by atoms with van der Waals surface area (Å²) in [6, 6.07) is 8.12. The summed E-state index contributed by atoms with van der Waals surface area (Å²) >= 11 is 0. The molecule has 0 radical (unpaired) electrons. The van der Waals surface area contributed by atoms with Gasteiger partial charge in [-0.15, -0.1) is 4.47 Å². The molecule has 0 fully saturated rings. The summed E-state index contributed by atoms with van der Waals surface area (Å²) in [5.74, 6) is 0. The van der Waals surface area contributed by atoms with Crippen molar-refractivity contribution in [3.8, 4) is 0 Å². The molecule has 0 aliphatic heterocycles. The highest BCUT2D eigenvalue weighted by Crippen LogP contribution is 2.16. The van der Waals surface area contributed by atoms with E-state index in [1.54, 1.807) is 18.2 Å². The Kier molecular flexibility index (Phi) is 4.07. The first-order valence-electron chi connectivity index (χ1n) is 4.51. The van der Waals surface area contributed by atoms with Gasteiger partial charge in [-0.2, -0.15) is 8.42 Å². The lowest BCUT2D eigenvalue weighted by molar-refractivity contribution is 0.143. The molecule has 0 bridgehead atoms. The quantitative estimate of drug-likeness (QED) is 0.618. The second-order valence-corrected chi connectivity index (χ2v) is 4.10. The zero-order valence-electron chi connectivity index (χ0n) is 8.33. The second kappa shape index (κ2) is 5.11. The maximum Gasteiger partial charge on any atom is 0.382 e. The molecule has 0 aromatic heterocycles. The third-order valence-electron chi connectivity index (χ3n) is 1.59. The predicted octanol–water partition coefficient (Wildman–Crippen LogP) is 1.64. The summed E-state index contributed by atoms with van der Waals surface area (Å²) in [6.07, 6.45) is 0.652. The number of nitrogens with zero attached hydrogens (tertiary/aromatic N) is 1. The molecule has 84 valence electrons. The predicted molar refractivity (Wildman–Crippen MR) is 56.7 cm³/mol. The van der Waals surface area contributed by atoms with Gasteiger partial charge in [0.15, 0.2) is 0 Å². The highest BCUT2D eigenvalue weighted by Gasteiger charge is 2.19. The van der Waals surface area contributed by atoms with Crippen molar-refractivity contribution in [2.75, 3.05) is 11.1 Å². The minimum Gasteiger partial charge on any atom is -0.267 e. The van der Waals surface area contributed by atoms with E-state index < -0.39 is 10.3 Å². The van der Waals surface area contributed by atoms with Gasteiger partial charge in [-0.05, 0) is 18.6 Å². The average Bonchev–Trinajstić information content (AvgIpc) is 2.18. The molecule has 15 heavy (non-hydrogen) atoms. The molecular weight excluding hydrogens is 218 g/mol. The van der Waals surface area contributed by atoms with E-state index >= 15 is 0 Å². The number of hydrogen-bond acceptors (Lipinski definition) is 3. The van der Waals surface area contributed by atoms with E-state index in [1.165, 1.54) is 12.1 Å². The molecule has 5 nitrogen and oxygen atoms in total. The Hall–Kier alpha value is -1.11. The third-order valence-corrected chi connectivity index (χ3v) is 2.32. The SMILES string of the molecule is CCCON(c1ccccc1)S(=O)(=O)O. The molecule has 1 aromatic carbocycles. The van der Waals surface area contributed by atoms with Gasteiger partial charge in [-0.3, -0.25) is 9.39 Å². The molecular formula is C9H13NO4S. The van der Waals surface area contributed by atoms with Crippen LogP contribution < -0.4 is 4.47 Å². The zero-order valence-corrected chi connectivity index (χ0v) is 9.14. The van der Waals surface area contributed by atoms with Crippen LogP contribution in [0.25, 0.3) is 0 Å². The number of anilines is 1. The molecule has 0 heterocycles. The Labute approximate surface area is 89.1 Å². The zero-order chi connectivity index (χ0) is 11.3. The molecule has 0 amide bonds. The molecule has 0 saturated heterocycles. The molecule has 0 aliphatic carbocycles. The van der Waals surface area contributed by atoms with Crippen LogP contribution in [0.5, 0.6) is 0 Å². The molecule has 1 rings (SSSR count). The van der Waals surface area contributed by atoms with Gasteiger partial charge in [0.2, 0.25) is 0 Å². The Bertz CT molecular complexity index is 390. The molecule has 0 atom stereocenters. The van der Waals surface area contributed by atoms with Crippen LogP contribution in [0.1, 0.15) is 13.3 Å². The first-order valence-corrected chi connectivity index (χ1v) is 5.91. The van der Waals surface area contributed by atoms with Gasteiger partial charge in [-0.25, -0.2) is 0 Å². The van der Waals surface area contributed by atoms with Crippen molar-refractivity contribution >= 4 is 16.0 Å². The monoisotopic (exact) mass is 231 g/mol. The van der Waals surface area contributed by atoms with E-state index in [-0.39, 0.29) is 12.3 Å². The van der Waals surface area contributed by atoms with Crippen molar-refractivity contribution in [3.63, 3.8) is 0 Å². The fourth-order valence-electron chi connectivity index (χ4n) is 0.998. The fraction of sp³-hybridized carbons (Fsp3) is 0.333. The van der Waals surface area contributed by atoms with E-state index in [9.17, 15) is 8.42 Å². The lowest BCUT2D eigenvalue weighted by Gasteiger charge is -2.19. The summed E-state index contributed by atoms with van der Waals surface area (Å²) in [5.41, 5.74) is 0.272. The van der Waals surface area contributed by atoms with Crippen LogP contribution in [0.2, 0.25) is 0 Å². The van der Waals surface area contributed by atoms with E-state index in [2.05, 4.69) is 0 Å². The number of para-hydroxylation sites is 1. The molecule has 0 spiro atoms. The summed E-state index contributed by atoms with van der Waals surface area (Å²) < 4.78 is 31.4. The Morgan fingerprint density at radius 2 is 1.93 bits per heavy atom. The molecule has 1 N–H and O–H groups in total. The summed E-state index contributed by atoms with van der Waals surface area (Å²) in [4.78, 5) is 4.94. The summed E-state index contributed by atoms with van der Waals surface area (Å²) in [7, 11) is -4.38. The average molecular weight is 231 g/mol. The molecule has 0 aliphatic rings. The van der Waals surface area contributed by atoms with E-state index in [0.717, 1.165) is 0 Å². The number of rotatable bonds is 5. The number of benzene rings is 1. The smallest absolute Gasteiger partial charge is 0.267 e. The largest absolute Gasteiger partial charge is 0.382 e. The van der Waals surface area contributed by atoms with Crippen molar-refractivity contribution in [1.29, 1.82) is 0 Å². The topological polar surface area (TPSA) is 66.8 Å². The Balaban J connectivity index is 2.92. The summed E-state index contributed by atoms with van der Waals surface area (Å²) in [6.45, 7) is 2.06. The van der Waals surface area contributed by atoms with Crippen molar-refractivity contribution in [2.45, 2.75) is 13.3 Å².